The zero-order valence-corrected chi connectivity index (χ0v) is 12.6. The predicted octanol–water partition coefficient (Wildman–Crippen LogP) is 1.11. The zero-order valence-electron chi connectivity index (χ0n) is 12.6. The summed E-state index contributed by atoms with van der Waals surface area (Å²) in [5, 5.41) is 16.2. The molecule has 0 bridgehead atoms. The average Bonchev–Trinajstić information content (AvgIpc) is 2.95. The fourth-order valence-electron chi connectivity index (χ4n) is 1.77. The van der Waals surface area contributed by atoms with E-state index in [9.17, 15) is 14.0 Å². The molecule has 0 unspecified atom stereocenters. The van der Waals surface area contributed by atoms with Crippen LogP contribution in [0.15, 0.2) is 24.3 Å². The van der Waals surface area contributed by atoms with Gasteiger partial charge in [0.1, 0.15) is 12.4 Å². The average molecular weight is 320 g/mol. The van der Waals surface area contributed by atoms with Gasteiger partial charge in [0.25, 0.3) is 5.91 Å². The molecule has 0 saturated carbocycles. The number of amides is 3. The lowest BCUT2D eigenvalue weighted by atomic mass is 10.2. The second-order valence-electron chi connectivity index (χ2n) is 4.81. The first-order valence-electron chi connectivity index (χ1n) is 7.20. The number of imide groups is 1. The number of aromatic nitrogens is 4. The Labute approximate surface area is 132 Å². The lowest BCUT2D eigenvalue weighted by Gasteiger charge is -2.05. The van der Waals surface area contributed by atoms with Gasteiger partial charge in [-0.25, -0.2) is 9.18 Å². The summed E-state index contributed by atoms with van der Waals surface area (Å²) in [6.07, 6.45) is 1.78. The molecule has 1 heterocycles. The van der Waals surface area contributed by atoms with Gasteiger partial charge in [-0.05, 0) is 23.8 Å². The van der Waals surface area contributed by atoms with Crippen LogP contribution in [0.25, 0.3) is 11.4 Å². The van der Waals surface area contributed by atoms with Gasteiger partial charge < -0.3 is 5.32 Å². The molecule has 0 atom stereocenters. The minimum atomic E-state index is -0.567. The third-order valence-corrected chi connectivity index (χ3v) is 2.89. The number of nitrogens with one attached hydrogen (secondary N) is 2. The molecule has 2 aromatic rings. The van der Waals surface area contributed by atoms with Gasteiger partial charge in [-0.3, -0.25) is 10.1 Å². The van der Waals surface area contributed by atoms with Gasteiger partial charge in [0, 0.05) is 12.1 Å². The van der Waals surface area contributed by atoms with Gasteiger partial charge >= 0.3 is 6.03 Å². The fourth-order valence-corrected chi connectivity index (χ4v) is 1.77. The van der Waals surface area contributed by atoms with Crippen molar-refractivity contribution < 1.29 is 14.0 Å². The molecule has 0 saturated heterocycles. The number of carbonyl (C=O) groups excluding carboxylic acids is 2. The number of tetrazole rings is 1. The monoisotopic (exact) mass is 320 g/mol. The highest BCUT2D eigenvalue weighted by Crippen LogP contribution is 2.14. The van der Waals surface area contributed by atoms with Gasteiger partial charge in [-0.2, -0.15) is 4.80 Å². The topological polar surface area (TPSA) is 102 Å². The molecule has 0 fully saturated rings. The summed E-state index contributed by atoms with van der Waals surface area (Å²) in [6, 6.07) is 5.17. The van der Waals surface area contributed by atoms with E-state index in [-0.39, 0.29) is 12.4 Å². The van der Waals surface area contributed by atoms with Crippen LogP contribution in [0, 0.1) is 5.82 Å². The third-order valence-electron chi connectivity index (χ3n) is 2.89. The zero-order chi connectivity index (χ0) is 16.7. The molecule has 0 radical (unpaired) electrons. The van der Waals surface area contributed by atoms with E-state index in [0.29, 0.717) is 12.1 Å². The molecule has 23 heavy (non-hydrogen) atoms. The van der Waals surface area contributed by atoms with E-state index in [4.69, 9.17) is 0 Å². The number of nitrogens with zero attached hydrogens (tertiary/aromatic N) is 4. The number of rotatable bonds is 6. The molecule has 1 aromatic heterocycles. The normalized spacial score (nSPS) is 10.3. The standard InChI is InChI=1S/C14H17FN6O2/c1-2-3-7-16-14(23)17-12(22)9-21-19-13(18-20-21)10-5-4-6-11(15)8-10/h4-6,8H,2-3,7,9H2,1H3,(H2,16,17,22,23). The summed E-state index contributed by atoms with van der Waals surface area (Å²) in [5.41, 5.74) is 0.453. The molecule has 0 aliphatic rings. The maximum absolute atomic E-state index is 13.1. The van der Waals surface area contributed by atoms with Gasteiger partial charge in [-0.15, -0.1) is 10.2 Å². The Hall–Kier alpha value is -2.84. The van der Waals surface area contributed by atoms with E-state index in [0.717, 1.165) is 17.6 Å². The molecular formula is C14H17FN6O2. The van der Waals surface area contributed by atoms with Crippen LogP contribution in [0.2, 0.25) is 0 Å². The summed E-state index contributed by atoms with van der Waals surface area (Å²) in [5.74, 6) is -0.785. The van der Waals surface area contributed by atoms with Crippen LogP contribution in [-0.2, 0) is 11.3 Å². The molecule has 8 nitrogen and oxygen atoms in total. The van der Waals surface area contributed by atoms with E-state index < -0.39 is 17.8 Å². The van der Waals surface area contributed by atoms with Crippen molar-refractivity contribution in [3.63, 3.8) is 0 Å². The quantitative estimate of drug-likeness (QED) is 0.776. The molecule has 0 aliphatic heterocycles. The number of carbonyl (C=O) groups is 2. The smallest absolute Gasteiger partial charge is 0.321 e. The highest BCUT2D eigenvalue weighted by atomic mass is 19.1. The van der Waals surface area contributed by atoms with Crippen molar-refractivity contribution in [2.24, 2.45) is 0 Å². The minimum Gasteiger partial charge on any atom is -0.338 e. The van der Waals surface area contributed by atoms with Crippen molar-refractivity contribution >= 4 is 11.9 Å². The Morgan fingerprint density at radius 3 is 2.91 bits per heavy atom. The molecule has 2 rings (SSSR count). The summed E-state index contributed by atoms with van der Waals surface area (Å²) < 4.78 is 13.1. The highest BCUT2D eigenvalue weighted by Gasteiger charge is 2.12. The lowest BCUT2D eigenvalue weighted by Crippen LogP contribution is -2.41. The van der Waals surface area contributed by atoms with Crippen molar-refractivity contribution in [2.75, 3.05) is 6.54 Å². The van der Waals surface area contributed by atoms with Crippen molar-refractivity contribution in [2.45, 2.75) is 26.3 Å². The SMILES string of the molecule is CCCCNC(=O)NC(=O)Cn1nnc(-c2cccc(F)c2)n1. The van der Waals surface area contributed by atoms with Crippen molar-refractivity contribution in [3.05, 3.63) is 30.1 Å². The number of halogens is 1. The van der Waals surface area contributed by atoms with Crippen LogP contribution >= 0.6 is 0 Å². The lowest BCUT2D eigenvalue weighted by molar-refractivity contribution is -0.121. The van der Waals surface area contributed by atoms with Crippen molar-refractivity contribution in [3.8, 4) is 11.4 Å². The Morgan fingerprint density at radius 1 is 1.35 bits per heavy atom. The third kappa shape index (κ3) is 5.13. The summed E-state index contributed by atoms with van der Waals surface area (Å²) in [7, 11) is 0. The van der Waals surface area contributed by atoms with Crippen LogP contribution in [-0.4, -0.2) is 38.7 Å². The second kappa shape index (κ2) is 7.97. The molecule has 3 amide bonds. The number of urea groups is 1. The number of hydrogen-bond donors (Lipinski definition) is 2. The summed E-state index contributed by atoms with van der Waals surface area (Å²) in [6.45, 7) is 2.24. The van der Waals surface area contributed by atoms with E-state index in [1.54, 1.807) is 6.07 Å². The number of benzene rings is 1. The summed E-state index contributed by atoms with van der Waals surface area (Å²) >= 11 is 0. The summed E-state index contributed by atoms with van der Waals surface area (Å²) in [4.78, 5) is 24.2. The minimum absolute atomic E-state index is 0.199. The Balaban J connectivity index is 1.89. The van der Waals surface area contributed by atoms with Crippen molar-refractivity contribution in [1.82, 2.24) is 30.8 Å². The van der Waals surface area contributed by atoms with Gasteiger partial charge in [0.15, 0.2) is 0 Å². The fraction of sp³-hybridized carbons (Fsp3) is 0.357. The van der Waals surface area contributed by atoms with Crippen LogP contribution in [0.3, 0.4) is 0 Å². The van der Waals surface area contributed by atoms with E-state index in [2.05, 4.69) is 26.0 Å². The van der Waals surface area contributed by atoms with Crippen molar-refractivity contribution in [1.29, 1.82) is 0 Å². The first-order chi connectivity index (χ1) is 11.1. The maximum atomic E-state index is 13.1. The largest absolute Gasteiger partial charge is 0.338 e. The Morgan fingerprint density at radius 2 is 2.17 bits per heavy atom. The molecule has 122 valence electrons. The highest BCUT2D eigenvalue weighted by molar-refractivity contribution is 5.94. The first kappa shape index (κ1) is 16.5. The molecule has 1 aromatic carbocycles. The van der Waals surface area contributed by atoms with Gasteiger partial charge in [-0.1, -0.05) is 25.5 Å². The molecule has 0 aliphatic carbocycles. The van der Waals surface area contributed by atoms with Gasteiger partial charge in [0.2, 0.25) is 5.82 Å². The number of hydrogen-bond acceptors (Lipinski definition) is 5. The van der Waals surface area contributed by atoms with Crippen LogP contribution < -0.4 is 10.6 Å². The predicted molar refractivity (Wildman–Crippen MR) is 79.7 cm³/mol. The van der Waals surface area contributed by atoms with Crippen LogP contribution in [0.1, 0.15) is 19.8 Å². The Kier molecular flexibility index (Phi) is 5.73. The van der Waals surface area contributed by atoms with Gasteiger partial charge in [0.05, 0.1) is 0 Å². The van der Waals surface area contributed by atoms with Crippen LogP contribution in [0.5, 0.6) is 0 Å². The van der Waals surface area contributed by atoms with E-state index in [1.807, 2.05) is 6.92 Å². The number of unbranched alkanes of at least 4 members (excludes halogenated alkanes) is 1. The maximum Gasteiger partial charge on any atom is 0.321 e. The second-order valence-corrected chi connectivity index (χ2v) is 4.81. The van der Waals surface area contributed by atoms with E-state index in [1.165, 1.54) is 18.2 Å². The molecule has 0 spiro atoms. The van der Waals surface area contributed by atoms with E-state index >= 15 is 0 Å². The van der Waals surface area contributed by atoms with Crippen LogP contribution in [0.4, 0.5) is 9.18 Å². The first-order valence-corrected chi connectivity index (χ1v) is 7.20. The Bertz CT molecular complexity index is 687. The molecule has 9 heteroatoms. The molecule has 2 N–H and O–H groups in total. The molecular weight excluding hydrogens is 303 g/mol.